The summed E-state index contributed by atoms with van der Waals surface area (Å²) in [5.41, 5.74) is 5.00. The van der Waals surface area contributed by atoms with Crippen molar-refractivity contribution in [1.29, 1.82) is 0 Å². The van der Waals surface area contributed by atoms with E-state index in [9.17, 15) is 0 Å². The minimum absolute atomic E-state index is 0.614. The third-order valence-electron chi connectivity index (χ3n) is 3.12. The lowest BCUT2D eigenvalue weighted by atomic mass is 10.1. The van der Waals surface area contributed by atoms with E-state index in [-0.39, 0.29) is 0 Å². The Balaban J connectivity index is 2.47. The van der Waals surface area contributed by atoms with Crippen molar-refractivity contribution in [2.75, 3.05) is 17.3 Å². The lowest BCUT2D eigenvalue weighted by Gasteiger charge is -2.27. The highest BCUT2D eigenvalue weighted by Crippen LogP contribution is 2.30. The summed E-state index contributed by atoms with van der Waals surface area (Å²) in [6.07, 6.45) is 0. The fourth-order valence-electron chi connectivity index (χ4n) is 2.19. The van der Waals surface area contributed by atoms with Gasteiger partial charge in [-0.15, -0.1) is 11.6 Å². The van der Waals surface area contributed by atoms with E-state index in [1.807, 2.05) is 0 Å². The number of hydrogen-bond acceptors (Lipinski definition) is 1. The molecule has 94 valence electrons. The smallest absolute Gasteiger partial charge is 0.0440 e. The van der Waals surface area contributed by atoms with Crippen LogP contribution in [0.1, 0.15) is 11.1 Å². The van der Waals surface area contributed by atoms with Crippen LogP contribution in [0.25, 0.3) is 0 Å². The van der Waals surface area contributed by atoms with Crippen molar-refractivity contribution in [3.63, 3.8) is 0 Å². The van der Waals surface area contributed by atoms with Gasteiger partial charge in [0.25, 0.3) is 0 Å². The van der Waals surface area contributed by atoms with Gasteiger partial charge in [0.2, 0.25) is 0 Å². The van der Waals surface area contributed by atoms with Gasteiger partial charge in [0.15, 0.2) is 0 Å². The van der Waals surface area contributed by atoms with Gasteiger partial charge < -0.3 is 4.90 Å². The van der Waals surface area contributed by atoms with Crippen molar-refractivity contribution in [2.24, 2.45) is 0 Å². The molecule has 0 heterocycles. The van der Waals surface area contributed by atoms with E-state index in [0.29, 0.717) is 5.88 Å². The number of halogens is 1. The number of rotatable bonds is 4. The fraction of sp³-hybridized carbons (Fsp3) is 0.250. The van der Waals surface area contributed by atoms with Crippen LogP contribution in [-0.4, -0.2) is 12.4 Å². The van der Waals surface area contributed by atoms with Gasteiger partial charge in [-0.2, -0.15) is 0 Å². The van der Waals surface area contributed by atoms with Crippen LogP contribution in [0.15, 0.2) is 48.5 Å². The van der Waals surface area contributed by atoms with E-state index >= 15 is 0 Å². The Morgan fingerprint density at radius 3 is 1.67 bits per heavy atom. The Labute approximate surface area is 114 Å². The van der Waals surface area contributed by atoms with E-state index in [0.717, 1.165) is 6.54 Å². The van der Waals surface area contributed by atoms with Gasteiger partial charge in [-0.25, -0.2) is 0 Å². The molecule has 0 spiro atoms. The largest absolute Gasteiger partial charge is 0.340 e. The van der Waals surface area contributed by atoms with Crippen molar-refractivity contribution >= 4 is 23.0 Å². The van der Waals surface area contributed by atoms with Gasteiger partial charge in [0, 0.05) is 23.8 Å². The molecule has 0 aliphatic carbocycles. The monoisotopic (exact) mass is 259 g/mol. The van der Waals surface area contributed by atoms with Gasteiger partial charge in [-0.1, -0.05) is 36.4 Å². The third-order valence-corrected chi connectivity index (χ3v) is 3.29. The Morgan fingerprint density at radius 1 is 0.833 bits per heavy atom. The van der Waals surface area contributed by atoms with E-state index in [4.69, 9.17) is 11.6 Å². The van der Waals surface area contributed by atoms with E-state index in [1.54, 1.807) is 0 Å². The zero-order chi connectivity index (χ0) is 13.0. The van der Waals surface area contributed by atoms with Gasteiger partial charge in [0.1, 0.15) is 0 Å². The first kappa shape index (κ1) is 13.0. The molecule has 2 rings (SSSR count). The average Bonchev–Trinajstić information content (AvgIpc) is 2.38. The highest BCUT2D eigenvalue weighted by Gasteiger charge is 2.12. The second-order valence-corrected chi connectivity index (χ2v) is 4.79. The maximum absolute atomic E-state index is 5.96. The minimum Gasteiger partial charge on any atom is -0.340 e. The zero-order valence-electron chi connectivity index (χ0n) is 10.9. The van der Waals surface area contributed by atoms with Gasteiger partial charge in [-0.3, -0.25) is 0 Å². The molecule has 0 saturated carbocycles. The van der Waals surface area contributed by atoms with E-state index in [2.05, 4.69) is 67.3 Å². The van der Waals surface area contributed by atoms with Crippen LogP contribution >= 0.6 is 11.6 Å². The molecule has 0 radical (unpaired) electrons. The molecule has 0 aliphatic rings. The van der Waals surface area contributed by atoms with Crippen molar-refractivity contribution in [1.82, 2.24) is 0 Å². The number of alkyl halides is 1. The average molecular weight is 260 g/mol. The predicted molar refractivity (Wildman–Crippen MR) is 80.1 cm³/mol. The Kier molecular flexibility index (Phi) is 4.27. The summed E-state index contributed by atoms with van der Waals surface area (Å²) < 4.78 is 0. The molecule has 0 atom stereocenters. The number of nitrogens with zero attached hydrogens (tertiary/aromatic N) is 1. The number of anilines is 2. The zero-order valence-corrected chi connectivity index (χ0v) is 11.6. The highest BCUT2D eigenvalue weighted by molar-refractivity contribution is 6.18. The summed E-state index contributed by atoms with van der Waals surface area (Å²) >= 11 is 5.96. The Morgan fingerprint density at radius 2 is 1.28 bits per heavy atom. The van der Waals surface area contributed by atoms with Crippen molar-refractivity contribution in [3.05, 3.63) is 59.7 Å². The van der Waals surface area contributed by atoms with Crippen LogP contribution in [0.4, 0.5) is 11.4 Å². The second kappa shape index (κ2) is 5.92. The number of para-hydroxylation sites is 2. The molecule has 2 aromatic carbocycles. The van der Waals surface area contributed by atoms with Crippen LogP contribution < -0.4 is 4.90 Å². The fourth-order valence-corrected chi connectivity index (χ4v) is 2.36. The standard InChI is InChI=1S/C16H18ClN/c1-13-7-3-5-9-15(13)18(12-11-17)16-10-6-4-8-14(16)2/h3-10H,11-12H2,1-2H3. The van der Waals surface area contributed by atoms with Crippen LogP contribution in [-0.2, 0) is 0 Å². The third kappa shape index (κ3) is 2.68. The molecular weight excluding hydrogens is 242 g/mol. The molecule has 0 bridgehead atoms. The quantitative estimate of drug-likeness (QED) is 0.721. The molecule has 0 unspecified atom stereocenters. The Bertz CT molecular complexity index is 477. The second-order valence-electron chi connectivity index (χ2n) is 4.41. The lowest BCUT2D eigenvalue weighted by molar-refractivity contribution is 1.01. The highest BCUT2D eigenvalue weighted by atomic mass is 35.5. The molecule has 2 aromatic rings. The summed E-state index contributed by atoms with van der Waals surface area (Å²) in [5, 5.41) is 0. The summed E-state index contributed by atoms with van der Waals surface area (Å²) in [4.78, 5) is 2.29. The van der Waals surface area contributed by atoms with Crippen LogP contribution in [0.3, 0.4) is 0 Å². The molecule has 0 N–H and O–H groups in total. The first-order chi connectivity index (χ1) is 8.74. The van der Waals surface area contributed by atoms with Crippen LogP contribution in [0.5, 0.6) is 0 Å². The first-order valence-electron chi connectivity index (χ1n) is 6.19. The first-order valence-corrected chi connectivity index (χ1v) is 6.72. The number of hydrogen-bond donors (Lipinski definition) is 0. The minimum atomic E-state index is 0.614. The molecule has 0 aromatic heterocycles. The number of benzene rings is 2. The van der Waals surface area contributed by atoms with E-state index < -0.39 is 0 Å². The summed E-state index contributed by atoms with van der Waals surface area (Å²) in [5.74, 6) is 0.614. The maximum atomic E-state index is 5.96. The molecule has 0 aliphatic heterocycles. The molecule has 18 heavy (non-hydrogen) atoms. The van der Waals surface area contributed by atoms with Gasteiger partial charge >= 0.3 is 0 Å². The molecule has 0 amide bonds. The van der Waals surface area contributed by atoms with Gasteiger partial charge in [0.05, 0.1) is 0 Å². The van der Waals surface area contributed by atoms with Crippen LogP contribution in [0.2, 0.25) is 0 Å². The van der Waals surface area contributed by atoms with Crippen LogP contribution in [0, 0.1) is 13.8 Å². The summed E-state index contributed by atoms with van der Waals surface area (Å²) in [6.45, 7) is 5.08. The Hall–Kier alpha value is -1.47. The molecule has 0 saturated heterocycles. The molecule has 0 fully saturated rings. The van der Waals surface area contributed by atoms with E-state index in [1.165, 1.54) is 22.5 Å². The topological polar surface area (TPSA) is 3.24 Å². The SMILES string of the molecule is Cc1ccccc1N(CCCl)c1ccccc1C. The maximum Gasteiger partial charge on any atom is 0.0440 e. The predicted octanol–water partition coefficient (Wildman–Crippen LogP) is 4.68. The van der Waals surface area contributed by atoms with Gasteiger partial charge in [-0.05, 0) is 37.1 Å². The lowest BCUT2D eigenvalue weighted by Crippen LogP contribution is -2.21. The molecular formula is C16H18ClN. The summed E-state index contributed by atoms with van der Waals surface area (Å²) in [7, 11) is 0. The number of aryl methyl sites for hydroxylation is 2. The molecule has 2 heteroatoms. The summed E-state index contributed by atoms with van der Waals surface area (Å²) in [6, 6.07) is 16.8. The van der Waals surface area contributed by atoms with Crippen molar-refractivity contribution < 1.29 is 0 Å². The molecule has 1 nitrogen and oxygen atoms in total. The van der Waals surface area contributed by atoms with Crippen molar-refractivity contribution in [3.8, 4) is 0 Å². The normalized spacial score (nSPS) is 10.4. The van der Waals surface area contributed by atoms with Crippen molar-refractivity contribution in [2.45, 2.75) is 13.8 Å².